The van der Waals surface area contributed by atoms with Crippen molar-refractivity contribution in [3.8, 4) is 67.1 Å². The molecule has 2 aliphatic heterocycles. The molecular formula is C54H36BNO. The van der Waals surface area contributed by atoms with Crippen molar-refractivity contribution in [1.82, 2.24) is 0 Å². The van der Waals surface area contributed by atoms with E-state index in [1.807, 2.05) is 0 Å². The average Bonchev–Trinajstić information content (AvgIpc) is 3.29. The number of para-hydroxylation sites is 1. The third-order valence-corrected chi connectivity index (χ3v) is 11.5. The minimum absolute atomic E-state index is 0.0477. The third kappa shape index (κ3) is 5.67. The van der Waals surface area contributed by atoms with Crippen LogP contribution in [0, 0.1) is 0 Å². The van der Waals surface area contributed by atoms with Gasteiger partial charge in [0.05, 0.1) is 5.69 Å². The number of benzene rings is 9. The molecule has 0 spiro atoms. The highest BCUT2D eigenvalue weighted by Gasteiger charge is 2.43. The van der Waals surface area contributed by atoms with Crippen LogP contribution in [-0.2, 0) is 0 Å². The van der Waals surface area contributed by atoms with Gasteiger partial charge in [0.2, 0.25) is 0 Å². The quantitative estimate of drug-likeness (QED) is 0.158. The second-order valence-corrected chi connectivity index (χ2v) is 14.8. The molecule has 0 N–H and O–H groups in total. The normalized spacial score (nSPS) is 12.3. The molecule has 0 aliphatic carbocycles. The number of fused-ring (bicyclic) bond motifs is 4. The summed E-state index contributed by atoms with van der Waals surface area (Å²) in [6.45, 7) is -0.0477. The summed E-state index contributed by atoms with van der Waals surface area (Å²) in [4.78, 5) is 2.54. The van der Waals surface area contributed by atoms with E-state index >= 15 is 0 Å². The van der Waals surface area contributed by atoms with Crippen molar-refractivity contribution in [3.05, 3.63) is 218 Å². The van der Waals surface area contributed by atoms with Crippen LogP contribution in [0.15, 0.2) is 218 Å². The Hall–Kier alpha value is -7.36. The van der Waals surface area contributed by atoms with E-state index in [4.69, 9.17) is 4.74 Å². The van der Waals surface area contributed by atoms with Gasteiger partial charge >= 0.3 is 0 Å². The monoisotopic (exact) mass is 725 g/mol. The zero-order valence-corrected chi connectivity index (χ0v) is 31.2. The second kappa shape index (κ2) is 13.7. The SMILES string of the molecule is c1ccc(-c2ccc3c(c2)Oc2cc(-c4ccccc4)cc4c2B3c2ccc(-c3ccccc3)cc2N4c2c(-c3ccccc3)cccc2-c2ccccc2)cc1. The van der Waals surface area contributed by atoms with Crippen molar-refractivity contribution < 1.29 is 4.74 Å². The maximum absolute atomic E-state index is 7.14. The van der Waals surface area contributed by atoms with Gasteiger partial charge in [-0.2, -0.15) is 0 Å². The molecule has 0 aromatic heterocycles. The van der Waals surface area contributed by atoms with E-state index in [2.05, 4.69) is 223 Å². The lowest BCUT2D eigenvalue weighted by atomic mass is 9.34. The molecular weight excluding hydrogens is 689 g/mol. The molecule has 0 fully saturated rings. The number of ether oxygens (including phenoxy) is 1. The first-order chi connectivity index (χ1) is 28.3. The predicted octanol–water partition coefficient (Wildman–Crippen LogP) is 12.4. The predicted molar refractivity (Wildman–Crippen MR) is 239 cm³/mol. The maximum Gasteiger partial charge on any atom is 0.256 e. The smallest absolute Gasteiger partial charge is 0.256 e. The van der Waals surface area contributed by atoms with Gasteiger partial charge in [-0.15, -0.1) is 0 Å². The van der Waals surface area contributed by atoms with Crippen molar-refractivity contribution in [2.24, 2.45) is 0 Å². The van der Waals surface area contributed by atoms with Gasteiger partial charge in [0.15, 0.2) is 0 Å². The fourth-order valence-electron chi connectivity index (χ4n) is 8.89. The molecule has 0 saturated heterocycles. The highest BCUT2D eigenvalue weighted by atomic mass is 16.5. The lowest BCUT2D eigenvalue weighted by Gasteiger charge is -2.42. The Morgan fingerprint density at radius 3 is 1.30 bits per heavy atom. The molecule has 9 aromatic carbocycles. The van der Waals surface area contributed by atoms with Crippen LogP contribution < -0.4 is 26.0 Å². The Balaban J connectivity index is 1.25. The van der Waals surface area contributed by atoms with E-state index in [1.54, 1.807) is 0 Å². The van der Waals surface area contributed by atoms with Crippen molar-refractivity contribution in [3.63, 3.8) is 0 Å². The van der Waals surface area contributed by atoms with Crippen molar-refractivity contribution >= 4 is 40.2 Å². The van der Waals surface area contributed by atoms with Crippen LogP contribution >= 0.6 is 0 Å². The van der Waals surface area contributed by atoms with E-state index in [-0.39, 0.29) is 6.71 Å². The topological polar surface area (TPSA) is 12.5 Å². The minimum Gasteiger partial charge on any atom is -0.458 e. The zero-order valence-electron chi connectivity index (χ0n) is 31.2. The molecule has 3 heteroatoms. The molecule has 266 valence electrons. The van der Waals surface area contributed by atoms with E-state index in [0.717, 1.165) is 67.5 Å². The van der Waals surface area contributed by atoms with Gasteiger partial charge in [0.1, 0.15) is 11.5 Å². The van der Waals surface area contributed by atoms with E-state index < -0.39 is 0 Å². The standard InChI is InChI=1S/C54H36BNO/c1-6-17-37(18-7-1)42-29-31-47-49(33-42)56(54-45(40-23-12-4-13-24-40)27-16-28-46(54)41-25-14-5-15-26-41)50-34-44(39-21-10-3-11-22-39)36-52-53(50)55(47)48-32-30-43(35-51(48)57-52)38-19-8-2-9-20-38/h1-36H. The van der Waals surface area contributed by atoms with Gasteiger partial charge in [0, 0.05) is 22.5 Å². The molecule has 0 radical (unpaired) electrons. The molecule has 0 saturated carbocycles. The van der Waals surface area contributed by atoms with Crippen LogP contribution in [0.5, 0.6) is 11.5 Å². The van der Waals surface area contributed by atoms with Crippen LogP contribution in [0.25, 0.3) is 55.6 Å². The fourth-order valence-corrected chi connectivity index (χ4v) is 8.89. The molecule has 0 atom stereocenters. The molecule has 57 heavy (non-hydrogen) atoms. The first-order valence-corrected chi connectivity index (χ1v) is 19.6. The average molecular weight is 726 g/mol. The van der Waals surface area contributed by atoms with Crippen molar-refractivity contribution in [2.45, 2.75) is 0 Å². The van der Waals surface area contributed by atoms with Crippen molar-refractivity contribution in [1.29, 1.82) is 0 Å². The van der Waals surface area contributed by atoms with Crippen LogP contribution in [0.1, 0.15) is 0 Å². The van der Waals surface area contributed by atoms with E-state index in [1.165, 1.54) is 33.1 Å². The van der Waals surface area contributed by atoms with Crippen LogP contribution in [0.4, 0.5) is 17.1 Å². The van der Waals surface area contributed by atoms with Crippen LogP contribution in [0.3, 0.4) is 0 Å². The minimum atomic E-state index is -0.0477. The highest BCUT2D eigenvalue weighted by molar-refractivity contribution is 6.99. The first-order valence-electron chi connectivity index (χ1n) is 19.6. The lowest BCUT2D eigenvalue weighted by Crippen LogP contribution is -2.59. The summed E-state index contributed by atoms with van der Waals surface area (Å²) >= 11 is 0. The summed E-state index contributed by atoms with van der Waals surface area (Å²) in [5.74, 6) is 1.78. The third-order valence-electron chi connectivity index (χ3n) is 11.5. The number of hydrogen-bond donors (Lipinski definition) is 0. The molecule has 2 nitrogen and oxygen atoms in total. The Bertz CT molecular complexity index is 2860. The zero-order chi connectivity index (χ0) is 37.7. The summed E-state index contributed by atoms with van der Waals surface area (Å²) in [5, 5.41) is 0. The highest BCUT2D eigenvalue weighted by Crippen LogP contribution is 2.50. The van der Waals surface area contributed by atoms with Crippen LogP contribution in [0.2, 0.25) is 0 Å². The largest absolute Gasteiger partial charge is 0.458 e. The summed E-state index contributed by atoms with van der Waals surface area (Å²) < 4.78 is 7.14. The van der Waals surface area contributed by atoms with Gasteiger partial charge in [-0.05, 0) is 85.2 Å². The Kier molecular flexibility index (Phi) is 7.96. The van der Waals surface area contributed by atoms with Gasteiger partial charge in [-0.25, -0.2) is 0 Å². The molecule has 0 unspecified atom stereocenters. The summed E-state index contributed by atoms with van der Waals surface area (Å²) in [6, 6.07) is 78.8. The van der Waals surface area contributed by atoms with E-state index in [9.17, 15) is 0 Å². The number of nitrogens with zero attached hydrogens (tertiary/aromatic N) is 1. The Morgan fingerprint density at radius 1 is 0.316 bits per heavy atom. The molecule has 0 amide bonds. The summed E-state index contributed by atoms with van der Waals surface area (Å²) in [5.41, 5.74) is 18.6. The lowest BCUT2D eigenvalue weighted by molar-refractivity contribution is 0.488. The number of rotatable bonds is 6. The van der Waals surface area contributed by atoms with Gasteiger partial charge in [0.25, 0.3) is 6.71 Å². The van der Waals surface area contributed by atoms with Gasteiger partial charge < -0.3 is 9.64 Å². The second-order valence-electron chi connectivity index (χ2n) is 14.8. The molecule has 9 aromatic rings. The molecule has 0 bridgehead atoms. The molecule has 2 heterocycles. The Morgan fingerprint density at radius 2 is 0.754 bits per heavy atom. The van der Waals surface area contributed by atoms with Gasteiger partial charge in [-0.3, -0.25) is 0 Å². The maximum atomic E-state index is 7.14. The molecule has 2 aliphatic rings. The molecule has 11 rings (SSSR count). The summed E-state index contributed by atoms with van der Waals surface area (Å²) in [6.07, 6.45) is 0. The number of hydrogen-bond acceptors (Lipinski definition) is 2. The van der Waals surface area contributed by atoms with Crippen LogP contribution in [-0.4, -0.2) is 6.71 Å². The van der Waals surface area contributed by atoms with Crippen molar-refractivity contribution in [2.75, 3.05) is 4.90 Å². The number of anilines is 3. The first kappa shape index (κ1) is 33.0. The fraction of sp³-hybridized carbons (Fsp3) is 0. The van der Waals surface area contributed by atoms with E-state index in [0.29, 0.717) is 0 Å². The van der Waals surface area contributed by atoms with Gasteiger partial charge in [-0.1, -0.05) is 194 Å². The Labute approximate surface area is 334 Å². The summed E-state index contributed by atoms with van der Waals surface area (Å²) in [7, 11) is 0.